The first-order chi connectivity index (χ1) is 15.5. The number of hydrazone groups is 1. The first-order valence-electron chi connectivity index (χ1n) is 10.2. The van der Waals surface area contributed by atoms with Crippen LogP contribution in [0.3, 0.4) is 0 Å². The number of nitrogens with zero attached hydrogens (tertiary/aromatic N) is 2. The van der Waals surface area contributed by atoms with Crippen LogP contribution in [0.25, 0.3) is 0 Å². The molecule has 10 heteroatoms. The smallest absolute Gasteiger partial charge is 0.387 e. The van der Waals surface area contributed by atoms with Crippen molar-refractivity contribution in [2.75, 3.05) is 10.3 Å². The maximum absolute atomic E-state index is 13.7. The number of carbonyl (C=O) groups excluding carboxylic acids is 2. The summed E-state index contributed by atoms with van der Waals surface area (Å²) in [5, 5.41) is 7.87. The van der Waals surface area contributed by atoms with E-state index in [4.69, 9.17) is 0 Å². The molecule has 3 rings (SSSR count). The van der Waals surface area contributed by atoms with E-state index >= 15 is 0 Å². The normalized spacial score (nSPS) is 18.5. The van der Waals surface area contributed by atoms with Gasteiger partial charge in [-0.3, -0.25) is 9.59 Å². The number of hydrogen-bond donors (Lipinski definition) is 1. The number of hydrogen-bond acceptors (Lipinski definition) is 4. The molecule has 2 amide bonds. The molecule has 0 fully saturated rings. The topological polar surface area (TPSA) is 71.0 Å². The molecule has 0 bridgehead atoms. The van der Waals surface area contributed by atoms with Crippen molar-refractivity contribution in [3.63, 3.8) is 0 Å². The lowest BCUT2D eigenvalue weighted by Crippen LogP contribution is -2.48. The zero-order valence-corrected chi connectivity index (χ0v) is 18.2. The number of benzene rings is 2. The fourth-order valence-electron chi connectivity index (χ4n) is 3.71. The Morgan fingerprint density at radius 3 is 2.45 bits per heavy atom. The number of anilines is 2. The van der Waals surface area contributed by atoms with E-state index in [0.717, 1.165) is 18.0 Å². The molecule has 1 atom stereocenters. The molecule has 2 aromatic carbocycles. The highest BCUT2D eigenvalue weighted by Gasteiger charge is 2.54. The van der Waals surface area contributed by atoms with Crippen LogP contribution >= 0.6 is 0 Å². The van der Waals surface area contributed by atoms with Crippen LogP contribution in [0, 0.1) is 5.41 Å². The van der Waals surface area contributed by atoms with Crippen LogP contribution in [0.2, 0.25) is 0 Å². The highest BCUT2D eigenvalue weighted by atomic mass is 19.3. The van der Waals surface area contributed by atoms with E-state index in [9.17, 15) is 27.2 Å². The largest absolute Gasteiger partial charge is 0.435 e. The highest BCUT2D eigenvalue weighted by molar-refractivity contribution is 6.33. The van der Waals surface area contributed by atoms with Crippen molar-refractivity contribution in [3.05, 3.63) is 54.1 Å². The average Bonchev–Trinajstić information content (AvgIpc) is 2.99. The molecule has 0 saturated carbocycles. The Hall–Kier alpha value is -3.43. The van der Waals surface area contributed by atoms with Gasteiger partial charge >= 0.3 is 6.61 Å². The molecule has 0 saturated heterocycles. The third-order valence-corrected chi connectivity index (χ3v) is 5.37. The van der Waals surface area contributed by atoms with Crippen LogP contribution < -0.4 is 15.1 Å². The molecule has 0 aliphatic carbocycles. The molecule has 6 nitrogen and oxygen atoms in total. The fraction of sp³-hybridized carbons (Fsp3) is 0.348. The summed E-state index contributed by atoms with van der Waals surface area (Å²) in [5.41, 5.74) is -1.30. The van der Waals surface area contributed by atoms with E-state index in [1.165, 1.54) is 49.4 Å². The molecule has 1 unspecified atom stereocenters. The van der Waals surface area contributed by atoms with Gasteiger partial charge < -0.3 is 10.1 Å². The van der Waals surface area contributed by atoms with Crippen molar-refractivity contribution in [1.29, 1.82) is 0 Å². The fourth-order valence-corrected chi connectivity index (χ4v) is 3.71. The van der Waals surface area contributed by atoms with Crippen molar-refractivity contribution < 1.29 is 31.9 Å². The van der Waals surface area contributed by atoms with Gasteiger partial charge in [0.05, 0.1) is 11.4 Å². The number of carbonyl (C=O) groups is 2. The van der Waals surface area contributed by atoms with Gasteiger partial charge in [0.1, 0.15) is 5.75 Å². The summed E-state index contributed by atoms with van der Waals surface area (Å²) in [4.78, 5) is 26.8. The maximum atomic E-state index is 13.7. The molecule has 2 aromatic rings. The molecule has 1 aliphatic heterocycles. The minimum absolute atomic E-state index is 0.0914. The summed E-state index contributed by atoms with van der Waals surface area (Å²) >= 11 is 0. The Bertz CT molecular complexity index is 1070. The van der Waals surface area contributed by atoms with Gasteiger partial charge in [0.15, 0.2) is 5.41 Å². The van der Waals surface area contributed by atoms with Crippen molar-refractivity contribution in [2.45, 2.75) is 46.1 Å². The monoisotopic (exact) mass is 465 g/mol. The lowest BCUT2D eigenvalue weighted by Gasteiger charge is -2.27. The number of amides is 2. The predicted octanol–water partition coefficient (Wildman–Crippen LogP) is 5.55. The summed E-state index contributed by atoms with van der Waals surface area (Å²) in [5.74, 6) is -4.50. The lowest BCUT2D eigenvalue weighted by molar-refractivity contribution is -0.133. The van der Waals surface area contributed by atoms with Crippen LogP contribution in [-0.2, 0) is 15.5 Å². The lowest BCUT2D eigenvalue weighted by atomic mass is 9.78. The van der Waals surface area contributed by atoms with Crippen LogP contribution in [0.5, 0.6) is 5.75 Å². The van der Waals surface area contributed by atoms with Gasteiger partial charge in [0.25, 0.3) is 11.8 Å². The Morgan fingerprint density at radius 2 is 1.88 bits per heavy atom. The number of ether oxygens (including phenoxy) is 1. The van der Waals surface area contributed by atoms with Gasteiger partial charge in [-0.25, -0.2) is 8.78 Å². The van der Waals surface area contributed by atoms with Crippen molar-refractivity contribution in [2.24, 2.45) is 10.5 Å². The second-order valence-corrected chi connectivity index (χ2v) is 7.75. The quantitative estimate of drug-likeness (QED) is 0.411. The van der Waals surface area contributed by atoms with E-state index < -0.39 is 29.8 Å². The van der Waals surface area contributed by atoms with Crippen LogP contribution in [-0.4, -0.2) is 24.1 Å². The molecular weight excluding hydrogens is 442 g/mol. The summed E-state index contributed by atoms with van der Waals surface area (Å²) in [6.45, 7) is 1.10. The summed E-state index contributed by atoms with van der Waals surface area (Å²) < 4.78 is 56.5. The Kier molecular flexibility index (Phi) is 6.76. The summed E-state index contributed by atoms with van der Waals surface area (Å²) in [7, 11) is 0. The summed E-state index contributed by atoms with van der Waals surface area (Å²) in [6, 6.07) is 10.5. The minimum Gasteiger partial charge on any atom is -0.435 e. The van der Waals surface area contributed by atoms with Crippen LogP contribution in [0.15, 0.2) is 53.6 Å². The average molecular weight is 465 g/mol. The molecule has 176 valence electrons. The molecule has 0 aromatic heterocycles. The van der Waals surface area contributed by atoms with E-state index in [-0.39, 0.29) is 34.8 Å². The first kappa shape index (κ1) is 24.2. The second-order valence-electron chi connectivity index (χ2n) is 7.75. The first-order valence-corrected chi connectivity index (χ1v) is 10.2. The van der Waals surface area contributed by atoms with Gasteiger partial charge in [-0.2, -0.15) is 18.9 Å². The standard InChI is InChI=1S/C23H23F4N3O3/c1-4-12-23(19(31)28-16-7-5-6-15(13-16)22(3,26)27)14(2)29-30(20(23)32)17-8-10-18(11-9-17)33-21(24)25/h5-11,13,21H,4,12H2,1-3H3,(H,28,31). The van der Waals surface area contributed by atoms with Crippen LogP contribution in [0.4, 0.5) is 28.9 Å². The van der Waals surface area contributed by atoms with Gasteiger partial charge in [0.2, 0.25) is 5.91 Å². The molecule has 0 radical (unpaired) electrons. The zero-order chi connectivity index (χ0) is 24.4. The Balaban J connectivity index is 1.90. The van der Waals surface area contributed by atoms with Gasteiger partial charge in [0, 0.05) is 18.2 Å². The highest BCUT2D eigenvalue weighted by Crippen LogP contribution is 2.39. The van der Waals surface area contributed by atoms with E-state index in [1.807, 2.05) is 0 Å². The van der Waals surface area contributed by atoms with Crippen LogP contribution in [0.1, 0.15) is 39.2 Å². The van der Waals surface area contributed by atoms with E-state index in [1.54, 1.807) is 6.92 Å². The Labute approximate surface area is 188 Å². The third kappa shape index (κ3) is 4.84. The molecule has 0 spiro atoms. The van der Waals surface area contributed by atoms with Gasteiger partial charge in [-0.1, -0.05) is 25.5 Å². The zero-order valence-electron chi connectivity index (χ0n) is 18.2. The van der Waals surface area contributed by atoms with Gasteiger partial charge in [-0.05, 0) is 49.7 Å². The SMILES string of the molecule is CCCC1(C(=O)Nc2cccc(C(C)(F)F)c2)C(=O)N(c2ccc(OC(F)F)cc2)N=C1C. The maximum Gasteiger partial charge on any atom is 0.387 e. The predicted molar refractivity (Wildman–Crippen MR) is 116 cm³/mol. The molecule has 1 N–H and O–H groups in total. The Morgan fingerprint density at radius 1 is 1.21 bits per heavy atom. The number of rotatable bonds is 8. The number of halogens is 4. The molecule has 33 heavy (non-hydrogen) atoms. The van der Waals surface area contributed by atoms with E-state index in [0.29, 0.717) is 6.42 Å². The van der Waals surface area contributed by atoms with E-state index in [2.05, 4.69) is 15.2 Å². The van der Waals surface area contributed by atoms with Crippen molar-refractivity contribution in [1.82, 2.24) is 0 Å². The summed E-state index contributed by atoms with van der Waals surface area (Å²) in [6.07, 6.45) is 0.605. The molecule has 1 heterocycles. The number of alkyl halides is 4. The number of nitrogens with one attached hydrogen (secondary N) is 1. The molecule has 1 aliphatic rings. The van der Waals surface area contributed by atoms with Crippen molar-refractivity contribution in [3.8, 4) is 5.75 Å². The minimum atomic E-state index is -3.10. The van der Waals surface area contributed by atoms with Gasteiger partial charge in [-0.15, -0.1) is 0 Å². The molecular formula is C23H23F4N3O3. The van der Waals surface area contributed by atoms with Crippen molar-refractivity contribution >= 4 is 28.9 Å². The second kappa shape index (κ2) is 9.21. The third-order valence-electron chi connectivity index (χ3n) is 5.37.